The second-order valence-electron chi connectivity index (χ2n) is 2.56. The van der Waals surface area contributed by atoms with Crippen molar-refractivity contribution in [1.82, 2.24) is 9.97 Å². The summed E-state index contributed by atoms with van der Waals surface area (Å²) in [6, 6.07) is 5.78. The summed E-state index contributed by atoms with van der Waals surface area (Å²) in [7, 11) is 0. The van der Waals surface area contributed by atoms with E-state index in [0.29, 0.717) is 6.54 Å². The molecule has 0 aliphatic heterocycles. The molecule has 0 radical (unpaired) electrons. The molecule has 2 heterocycles. The van der Waals surface area contributed by atoms with E-state index in [9.17, 15) is 0 Å². The van der Waals surface area contributed by atoms with Gasteiger partial charge in [-0.2, -0.15) is 0 Å². The van der Waals surface area contributed by atoms with Crippen molar-refractivity contribution in [2.24, 2.45) is 5.73 Å². The van der Waals surface area contributed by atoms with E-state index in [0.717, 1.165) is 16.4 Å². The first-order valence-electron chi connectivity index (χ1n) is 3.96. The number of pyridine rings is 1. The van der Waals surface area contributed by atoms with Gasteiger partial charge in [0.05, 0.1) is 11.4 Å². The number of hydrogen-bond acceptors (Lipinski definition) is 4. The molecule has 2 aromatic rings. The summed E-state index contributed by atoms with van der Waals surface area (Å²) in [5.41, 5.74) is 7.30. The third-order valence-electron chi connectivity index (χ3n) is 1.64. The molecule has 0 aliphatic rings. The van der Waals surface area contributed by atoms with Crippen LogP contribution in [0.25, 0.3) is 10.7 Å². The van der Waals surface area contributed by atoms with Gasteiger partial charge in [-0.25, -0.2) is 4.98 Å². The van der Waals surface area contributed by atoms with Crippen molar-refractivity contribution in [2.75, 3.05) is 0 Å². The topological polar surface area (TPSA) is 51.8 Å². The number of thiazole rings is 1. The number of rotatable bonds is 2. The Kier molecular flexibility index (Phi) is 4.00. The molecule has 0 atom stereocenters. The van der Waals surface area contributed by atoms with Crippen LogP contribution in [-0.2, 0) is 6.54 Å². The molecule has 5 heteroatoms. The lowest BCUT2D eigenvalue weighted by Gasteiger charge is -1.92. The molecule has 0 saturated heterocycles. The number of nitrogens with zero attached hydrogens (tertiary/aromatic N) is 2. The molecule has 0 saturated carbocycles. The highest BCUT2D eigenvalue weighted by molar-refractivity contribution is 7.13. The first-order valence-corrected chi connectivity index (χ1v) is 4.84. The summed E-state index contributed by atoms with van der Waals surface area (Å²) in [5.74, 6) is 0. The average molecular weight is 228 g/mol. The minimum Gasteiger partial charge on any atom is -0.325 e. The predicted molar refractivity (Wildman–Crippen MR) is 60.5 cm³/mol. The van der Waals surface area contributed by atoms with Crippen molar-refractivity contribution in [3.8, 4) is 10.7 Å². The molecule has 0 fully saturated rings. The second kappa shape index (κ2) is 5.05. The molecule has 0 aliphatic carbocycles. The third kappa shape index (κ3) is 2.29. The predicted octanol–water partition coefficient (Wildman–Crippen LogP) is 2.09. The van der Waals surface area contributed by atoms with Gasteiger partial charge >= 0.3 is 0 Å². The molecule has 2 aromatic heterocycles. The highest BCUT2D eigenvalue weighted by Gasteiger charge is 2.03. The van der Waals surface area contributed by atoms with Gasteiger partial charge in [-0.15, -0.1) is 23.7 Å². The Bertz CT molecular complexity index is 388. The van der Waals surface area contributed by atoms with E-state index in [4.69, 9.17) is 5.73 Å². The minimum atomic E-state index is 0. The fraction of sp³-hybridized carbons (Fsp3) is 0.111. The van der Waals surface area contributed by atoms with Gasteiger partial charge in [-0.05, 0) is 12.1 Å². The number of hydrogen-bond donors (Lipinski definition) is 1. The molecule has 74 valence electrons. The van der Waals surface area contributed by atoms with Gasteiger partial charge in [0.2, 0.25) is 0 Å². The maximum Gasteiger partial charge on any atom is 0.142 e. The molecular weight excluding hydrogens is 218 g/mol. The molecular formula is C9H10ClN3S. The quantitative estimate of drug-likeness (QED) is 0.855. The van der Waals surface area contributed by atoms with Gasteiger partial charge in [0.25, 0.3) is 0 Å². The van der Waals surface area contributed by atoms with E-state index in [1.807, 2.05) is 23.6 Å². The van der Waals surface area contributed by atoms with Crippen LogP contribution in [0.5, 0.6) is 0 Å². The largest absolute Gasteiger partial charge is 0.325 e. The number of nitrogens with two attached hydrogens (primary N) is 1. The van der Waals surface area contributed by atoms with Crippen LogP contribution in [0.15, 0.2) is 29.8 Å². The monoisotopic (exact) mass is 227 g/mol. The Balaban J connectivity index is 0.000000980. The first kappa shape index (κ1) is 11.1. The first-order chi connectivity index (χ1) is 6.40. The fourth-order valence-electron chi connectivity index (χ4n) is 1.01. The van der Waals surface area contributed by atoms with Crippen molar-refractivity contribution in [3.05, 3.63) is 35.5 Å². The van der Waals surface area contributed by atoms with E-state index in [1.165, 1.54) is 0 Å². The van der Waals surface area contributed by atoms with Crippen LogP contribution in [0.4, 0.5) is 0 Å². The van der Waals surface area contributed by atoms with Crippen LogP contribution >= 0.6 is 23.7 Å². The Morgan fingerprint density at radius 1 is 1.36 bits per heavy atom. The summed E-state index contributed by atoms with van der Waals surface area (Å²) < 4.78 is 0. The Morgan fingerprint density at radius 2 is 2.21 bits per heavy atom. The van der Waals surface area contributed by atoms with E-state index >= 15 is 0 Å². The lowest BCUT2D eigenvalue weighted by molar-refractivity contribution is 1.01. The van der Waals surface area contributed by atoms with E-state index < -0.39 is 0 Å². The Hall–Kier alpha value is -0.970. The summed E-state index contributed by atoms with van der Waals surface area (Å²) in [5, 5.41) is 2.89. The summed E-state index contributed by atoms with van der Waals surface area (Å²) in [6.45, 7) is 0.489. The van der Waals surface area contributed by atoms with Gasteiger partial charge in [0, 0.05) is 18.1 Å². The van der Waals surface area contributed by atoms with Gasteiger partial charge in [0.1, 0.15) is 5.01 Å². The Labute approximate surface area is 92.4 Å². The SMILES string of the molecule is Cl.NCc1csc(-c2ccccn2)n1. The summed E-state index contributed by atoms with van der Waals surface area (Å²) in [6.07, 6.45) is 1.76. The van der Waals surface area contributed by atoms with E-state index in [1.54, 1.807) is 17.5 Å². The standard InChI is InChI=1S/C9H9N3S.ClH/c10-5-7-6-13-9(12-7)8-3-1-2-4-11-8;/h1-4,6H,5,10H2;1H. The van der Waals surface area contributed by atoms with Crippen LogP contribution < -0.4 is 5.73 Å². The summed E-state index contributed by atoms with van der Waals surface area (Å²) >= 11 is 1.57. The fourth-order valence-corrected chi connectivity index (χ4v) is 1.82. The zero-order valence-electron chi connectivity index (χ0n) is 7.38. The van der Waals surface area contributed by atoms with Crippen LogP contribution in [0, 0.1) is 0 Å². The zero-order chi connectivity index (χ0) is 9.10. The Morgan fingerprint density at radius 3 is 2.79 bits per heavy atom. The zero-order valence-corrected chi connectivity index (χ0v) is 9.02. The van der Waals surface area contributed by atoms with Crippen molar-refractivity contribution in [1.29, 1.82) is 0 Å². The second-order valence-corrected chi connectivity index (χ2v) is 3.42. The molecule has 0 aromatic carbocycles. The molecule has 0 unspecified atom stereocenters. The van der Waals surface area contributed by atoms with Crippen LogP contribution in [0.2, 0.25) is 0 Å². The summed E-state index contributed by atoms with van der Waals surface area (Å²) in [4.78, 5) is 8.53. The molecule has 0 amide bonds. The van der Waals surface area contributed by atoms with Gasteiger partial charge in [-0.3, -0.25) is 4.98 Å². The number of aromatic nitrogens is 2. The van der Waals surface area contributed by atoms with Gasteiger partial charge < -0.3 is 5.73 Å². The lowest BCUT2D eigenvalue weighted by atomic mass is 10.4. The smallest absolute Gasteiger partial charge is 0.142 e. The van der Waals surface area contributed by atoms with Gasteiger partial charge in [0.15, 0.2) is 0 Å². The maximum atomic E-state index is 5.46. The normalized spacial score (nSPS) is 9.50. The molecule has 14 heavy (non-hydrogen) atoms. The average Bonchev–Trinajstić information content (AvgIpc) is 2.67. The van der Waals surface area contributed by atoms with Gasteiger partial charge in [-0.1, -0.05) is 6.07 Å². The van der Waals surface area contributed by atoms with E-state index in [-0.39, 0.29) is 12.4 Å². The van der Waals surface area contributed by atoms with Crippen molar-refractivity contribution in [2.45, 2.75) is 6.54 Å². The highest BCUT2D eigenvalue weighted by atomic mass is 35.5. The van der Waals surface area contributed by atoms with E-state index in [2.05, 4.69) is 9.97 Å². The van der Waals surface area contributed by atoms with Crippen LogP contribution in [0.3, 0.4) is 0 Å². The van der Waals surface area contributed by atoms with Crippen molar-refractivity contribution < 1.29 is 0 Å². The van der Waals surface area contributed by atoms with Crippen LogP contribution in [-0.4, -0.2) is 9.97 Å². The van der Waals surface area contributed by atoms with Crippen LogP contribution in [0.1, 0.15) is 5.69 Å². The van der Waals surface area contributed by atoms with Crippen molar-refractivity contribution >= 4 is 23.7 Å². The molecule has 0 bridgehead atoms. The third-order valence-corrected chi connectivity index (χ3v) is 2.56. The molecule has 2 N–H and O–H groups in total. The molecule has 0 spiro atoms. The minimum absolute atomic E-state index is 0. The molecule has 3 nitrogen and oxygen atoms in total. The number of halogens is 1. The molecule has 2 rings (SSSR count). The lowest BCUT2D eigenvalue weighted by Crippen LogP contribution is -1.95. The highest BCUT2D eigenvalue weighted by Crippen LogP contribution is 2.20. The maximum absolute atomic E-state index is 5.46. The van der Waals surface area contributed by atoms with Crippen molar-refractivity contribution in [3.63, 3.8) is 0 Å².